The lowest BCUT2D eigenvalue weighted by Gasteiger charge is -2.10. The molecule has 10 nitrogen and oxygen atoms in total. The van der Waals surface area contributed by atoms with Crippen molar-refractivity contribution < 1.29 is 9.21 Å². The molecule has 182 valence electrons. The first-order valence-corrected chi connectivity index (χ1v) is 11.6. The standard InChI is InChI=1S/C27H21N7O3/c1-15-8-9-20(16(2)10-15)33-25-19(13-30-33)26(29-14-28-25)34-24(11-17(3)32-34)31-27(36)23-12-21(35)18-6-4-5-7-22(18)37-23/h4-14H,1-3H3,(H,31,36). The lowest BCUT2D eigenvalue weighted by Crippen LogP contribution is -2.17. The van der Waals surface area contributed by atoms with Crippen LogP contribution >= 0.6 is 0 Å². The molecule has 0 aliphatic carbocycles. The van der Waals surface area contributed by atoms with Crippen molar-refractivity contribution in [2.24, 2.45) is 0 Å². The molecule has 37 heavy (non-hydrogen) atoms. The van der Waals surface area contributed by atoms with Crippen molar-refractivity contribution in [3.8, 4) is 11.5 Å². The van der Waals surface area contributed by atoms with Crippen LogP contribution in [0.4, 0.5) is 5.82 Å². The largest absolute Gasteiger partial charge is 0.451 e. The molecule has 0 atom stereocenters. The number of carbonyl (C=O) groups is 1. The normalized spacial score (nSPS) is 11.3. The lowest BCUT2D eigenvalue weighted by molar-refractivity contribution is 0.0996. The molecule has 0 spiro atoms. The van der Waals surface area contributed by atoms with E-state index in [2.05, 4.69) is 31.5 Å². The zero-order valence-electron chi connectivity index (χ0n) is 20.3. The summed E-state index contributed by atoms with van der Waals surface area (Å²) in [4.78, 5) is 34.5. The van der Waals surface area contributed by atoms with Gasteiger partial charge in [-0.05, 0) is 44.5 Å². The van der Waals surface area contributed by atoms with Crippen molar-refractivity contribution in [1.82, 2.24) is 29.5 Å². The zero-order chi connectivity index (χ0) is 25.7. The van der Waals surface area contributed by atoms with Crippen LogP contribution in [0, 0.1) is 20.8 Å². The predicted octanol–water partition coefficient (Wildman–Crippen LogP) is 4.29. The van der Waals surface area contributed by atoms with Crippen molar-refractivity contribution >= 4 is 33.7 Å². The number of carbonyl (C=O) groups excluding carboxylic acids is 1. The maximum Gasteiger partial charge on any atom is 0.292 e. The maximum absolute atomic E-state index is 13.1. The van der Waals surface area contributed by atoms with Crippen LogP contribution in [0.5, 0.6) is 0 Å². The highest BCUT2D eigenvalue weighted by molar-refractivity contribution is 6.02. The van der Waals surface area contributed by atoms with E-state index < -0.39 is 5.91 Å². The van der Waals surface area contributed by atoms with Gasteiger partial charge in [-0.3, -0.25) is 9.59 Å². The van der Waals surface area contributed by atoms with Crippen molar-refractivity contribution in [3.05, 3.63) is 99.9 Å². The molecule has 0 unspecified atom stereocenters. The van der Waals surface area contributed by atoms with Gasteiger partial charge in [0.05, 0.1) is 28.4 Å². The van der Waals surface area contributed by atoms with Gasteiger partial charge >= 0.3 is 0 Å². The fraction of sp³-hybridized carbons (Fsp3) is 0.111. The number of nitrogens with one attached hydrogen (secondary N) is 1. The van der Waals surface area contributed by atoms with E-state index in [-0.39, 0.29) is 11.2 Å². The molecule has 2 aromatic carbocycles. The molecule has 0 aliphatic rings. The van der Waals surface area contributed by atoms with E-state index in [0.29, 0.717) is 39.3 Å². The highest BCUT2D eigenvalue weighted by Crippen LogP contribution is 2.26. The molecule has 4 aromatic heterocycles. The summed E-state index contributed by atoms with van der Waals surface area (Å²) in [5, 5.41) is 13.0. The Morgan fingerprint density at radius 2 is 1.78 bits per heavy atom. The van der Waals surface area contributed by atoms with Crippen molar-refractivity contribution in [2.75, 3.05) is 5.32 Å². The summed E-state index contributed by atoms with van der Waals surface area (Å²) >= 11 is 0. The van der Waals surface area contributed by atoms with Crippen LogP contribution in [0.25, 0.3) is 33.5 Å². The van der Waals surface area contributed by atoms with Crippen LogP contribution in [0.15, 0.2) is 76.3 Å². The molecule has 0 saturated heterocycles. The van der Waals surface area contributed by atoms with Crippen LogP contribution < -0.4 is 10.7 Å². The molecular formula is C27H21N7O3. The second-order valence-corrected chi connectivity index (χ2v) is 8.79. The van der Waals surface area contributed by atoms with E-state index in [9.17, 15) is 9.59 Å². The minimum atomic E-state index is -0.583. The molecule has 1 N–H and O–H groups in total. The first kappa shape index (κ1) is 22.4. The van der Waals surface area contributed by atoms with Gasteiger partial charge in [-0.2, -0.15) is 14.9 Å². The van der Waals surface area contributed by atoms with Crippen molar-refractivity contribution in [2.45, 2.75) is 20.8 Å². The number of fused-ring (bicyclic) bond motifs is 2. The molecule has 0 aliphatic heterocycles. The van der Waals surface area contributed by atoms with Crippen LogP contribution in [0.3, 0.4) is 0 Å². The summed E-state index contributed by atoms with van der Waals surface area (Å²) in [6.45, 7) is 5.87. The quantitative estimate of drug-likeness (QED) is 0.391. The monoisotopic (exact) mass is 491 g/mol. The van der Waals surface area contributed by atoms with Crippen molar-refractivity contribution in [1.29, 1.82) is 0 Å². The van der Waals surface area contributed by atoms with Gasteiger partial charge in [0.15, 0.2) is 22.7 Å². The van der Waals surface area contributed by atoms with Gasteiger partial charge < -0.3 is 9.73 Å². The van der Waals surface area contributed by atoms with Crippen LogP contribution in [-0.4, -0.2) is 35.4 Å². The third-order valence-corrected chi connectivity index (χ3v) is 6.06. The number of amides is 1. The van der Waals surface area contributed by atoms with Crippen LogP contribution in [-0.2, 0) is 0 Å². The number of nitrogens with zero attached hydrogens (tertiary/aromatic N) is 6. The van der Waals surface area contributed by atoms with E-state index in [4.69, 9.17) is 4.42 Å². The SMILES string of the molecule is Cc1ccc(-n2ncc3c(-n4nc(C)cc4NC(=O)c4cc(=O)c5ccccc5o4)ncnc32)c(C)c1. The molecule has 6 aromatic rings. The van der Waals surface area contributed by atoms with Crippen LogP contribution in [0.2, 0.25) is 0 Å². The zero-order valence-corrected chi connectivity index (χ0v) is 20.3. The summed E-state index contributed by atoms with van der Waals surface area (Å²) in [6.07, 6.45) is 3.11. The highest BCUT2D eigenvalue weighted by Gasteiger charge is 2.20. The van der Waals surface area contributed by atoms with Gasteiger partial charge in [0.2, 0.25) is 0 Å². The van der Waals surface area contributed by atoms with Gasteiger partial charge in [-0.25, -0.2) is 14.6 Å². The number of aromatic nitrogens is 6. The molecule has 0 fully saturated rings. The van der Waals surface area contributed by atoms with Crippen LogP contribution in [0.1, 0.15) is 27.4 Å². The Kier molecular flexibility index (Phi) is 5.15. The van der Waals surface area contributed by atoms with Gasteiger partial charge in [0.25, 0.3) is 5.91 Å². The molecule has 10 heteroatoms. The van der Waals surface area contributed by atoms with Gasteiger partial charge in [-0.15, -0.1) is 0 Å². The Labute approximate surface area is 210 Å². The average molecular weight is 492 g/mol. The minimum absolute atomic E-state index is 0.107. The second kappa shape index (κ2) is 8.52. The fourth-order valence-electron chi connectivity index (χ4n) is 4.36. The van der Waals surface area contributed by atoms with E-state index in [1.165, 1.54) is 17.1 Å². The molecule has 0 saturated carbocycles. The Morgan fingerprint density at radius 1 is 0.946 bits per heavy atom. The summed E-state index contributed by atoms with van der Waals surface area (Å²) in [6, 6.07) is 15.8. The van der Waals surface area contributed by atoms with E-state index in [1.54, 1.807) is 48.1 Å². The number of rotatable bonds is 4. The third-order valence-electron chi connectivity index (χ3n) is 6.06. The summed E-state index contributed by atoms with van der Waals surface area (Å²) in [7, 11) is 0. The Balaban J connectivity index is 1.41. The van der Waals surface area contributed by atoms with Gasteiger partial charge in [0.1, 0.15) is 17.7 Å². The van der Waals surface area contributed by atoms with Crippen molar-refractivity contribution in [3.63, 3.8) is 0 Å². The maximum atomic E-state index is 13.1. The average Bonchev–Trinajstić information content (AvgIpc) is 3.47. The number of para-hydroxylation sites is 1. The molecule has 6 rings (SSSR count). The summed E-state index contributed by atoms with van der Waals surface area (Å²) in [5.74, 6) is 0.117. The smallest absolute Gasteiger partial charge is 0.292 e. The summed E-state index contributed by atoms with van der Waals surface area (Å²) in [5.41, 5.74) is 4.41. The number of aryl methyl sites for hydroxylation is 3. The number of hydrogen-bond donors (Lipinski definition) is 1. The molecule has 4 heterocycles. The Bertz CT molecular complexity index is 1900. The molecule has 0 bridgehead atoms. The minimum Gasteiger partial charge on any atom is -0.451 e. The second-order valence-electron chi connectivity index (χ2n) is 8.79. The molecule has 1 amide bonds. The lowest BCUT2D eigenvalue weighted by atomic mass is 10.1. The highest BCUT2D eigenvalue weighted by atomic mass is 16.3. The molecule has 0 radical (unpaired) electrons. The Morgan fingerprint density at radius 3 is 2.62 bits per heavy atom. The number of anilines is 1. The van der Waals surface area contributed by atoms with Gasteiger partial charge in [0, 0.05) is 12.1 Å². The van der Waals surface area contributed by atoms with E-state index in [1.807, 2.05) is 26.0 Å². The molecular weight excluding hydrogens is 470 g/mol. The number of benzene rings is 2. The van der Waals surface area contributed by atoms with Gasteiger partial charge in [-0.1, -0.05) is 29.8 Å². The van der Waals surface area contributed by atoms with E-state index in [0.717, 1.165) is 16.8 Å². The van der Waals surface area contributed by atoms with E-state index >= 15 is 0 Å². The fourth-order valence-corrected chi connectivity index (χ4v) is 4.36. The summed E-state index contributed by atoms with van der Waals surface area (Å²) < 4.78 is 8.97. The predicted molar refractivity (Wildman–Crippen MR) is 138 cm³/mol. The first-order valence-electron chi connectivity index (χ1n) is 11.6. The Hall–Kier alpha value is -5.12. The first-order chi connectivity index (χ1) is 17.9. The number of hydrogen-bond acceptors (Lipinski definition) is 7. The topological polar surface area (TPSA) is 121 Å². The third kappa shape index (κ3) is 3.84.